The number of benzene rings is 2. The molecule has 0 aliphatic carbocycles. The van der Waals surface area contributed by atoms with E-state index in [4.69, 9.17) is 4.74 Å². The van der Waals surface area contributed by atoms with E-state index in [1.54, 1.807) is 5.57 Å². The topological polar surface area (TPSA) is 9.23 Å². The zero-order valence-electron chi connectivity index (χ0n) is 15.1. The van der Waals surface area contributed by atoms with Crippen molar-refractivity contribution in [1.82, 2.24) is 0 Å². The van der Waals surface area contributed by atoms with Gasteiger partial charge in [0.05, 0.1) is 0 Å². The van der Waals surface area contributed by atoms with Gasteiger partial charge in [0, 0.05) is 0 Å². The van der Waals surface area contributed by atoms with Gasteiger partial charge in [-0.2, -0.15) is 0 Å². The lowest BCUT2D eigenvalue weighted by Gasteiger charge is -2.08. The fourth-order valence-corrected chi connectivity index (χ4v) is 2.71. The maximum absolute atomic E-state index is 5.86. The molecule has 0 heterocycles. The van der Waals surface area contributed by atoms with Crippen LogP contribution in [0.3, 0.4) is 0 Å². The fourth-order valence-electron chi connectivity index (χ4n) is 2.71. The Morgan fingerprint density at radius 2 is 1.46 bits per heavy atom. The van der Waals surface area contributed by atoms with Crippen molar-refractivity contribution >= 4 is 6.08 Å². The van der Waals surface area contributed by atoms with Crippen molar-refractivity contribution in [2.75, 3.05) is 0 Å². The van der Waals surface area contributed by atoms with Crippen molar-refractivity contribution in [3.63, 3.8) is 0 Å². The average Bonchev–Trinajstić information content (AvgIpc) is 2.64. The first-order chi connectivity index (χ1) is 11.8. The van der Waals surface area contributed by atoms with E-state index in [2.05, 4.69) is 56.3 Å². The van der Waals surface area contributed by atoms with Crippen molar-refractivity contribution in [1.29, 1.82) is 0 Å². The van der Waals surface area contributed by atoms with Gasteiger partial charge in [-0.1, -0.05) is 80.8 Å². The second-order valence-corrected chi connectivity index (χ2v) is 6.35. The molecule has 0 aliphatic rings. The van der Waals surface area contributed by atoms with Crippen molar-refractivity contribution in [3.8, 4) is 5.75 Å². The van der Waals surface area contributed by atoms with Crippen LogP contribution in [0, 0.1) is 0 Å². The molecule has 0 saturated carbocycles. The largest absolute Gasteiger partial charge is 0.489 e. The van der Waals surface area contributed by atoms with Crippen molar-refractivity contribution in [2.24, 2.45) is 0 Å². The Morgan fingerprint density at radius 1 is 0.833 bits per heavy atom. The predicted octanol–water partition coefficient (Wildman–Crippen LogP) is 7.03. The highest BCUT2D eigenvalue weighted by Crippen LogP contribution is 2.21. The predicted molar refractivity (Wildman–Crippen MR) is 104 cm³/mol. The van der Waals surface area contributed by atoms with Gasteiger partial charge in [0.2, 0.25) is 0 Å². The number of ether oxygens (including phenoxy) is 1. The summed E-state index contributed by atoms with van der Waals surface area (Å²) in [7, 11) is 0. The van der Waals surface area contributed by atoms with Gasteiger partial charge in [-0.25, -0.2) is 0 Å². The Labute approximate surface area is 147 Å². The number of allylic oxidation sites excluding steroid dienone is 1. The Balaban J connectivity index is 1.94. The third-order valence-electron chi connectivity index (χ3n) is 4.20. The highest BCUT2D eigenvalue weighted by atomic mass is 16.5. The van der Waals surface area contributed by atoms with E-state index in [1.807, 2.05) is 18.2 Å². The molecule has 0 saturated heterocycles. The second-order valence-electron chi connectivity index (χ2n) is 6.35. The van der Waals surface area contributed by atoms with E-state index in [1.165, 1.54) is 49.7 Å². The van der Waals surface area contributed by atoms with Crippen molar-refractivity contribution in [3.05, 3.63) is 71.3 Å². The normalized spacial score (nSPS) is 10.4. The Hall–Kier alpha value is -2.02. The summed E-state index contributed by atoms with van der Waals surface area (Å²) >= 11 is 0. The number of unbranched alkanes of at least 4 members (excludes halogenated alkanes) is 2. The monoisotopic (exact) mass is 322 g/mol. The lowest BCUT2D eigenvalue weighted by molar-refractivity contribution is 0.306. The van der Waals surface area contributed by atoms with Crippen molar-refractivity contribution < 1.29 is 4.74 Å². The van der Waals surface area contributed by atoms with Crippen LogP contribution >= 0.6 is 0 Å². The summed E-state index contributed by atoms with van der Waals surface area (Å²) in [5.74, 6) is 0.930. The van der Waals surface area contributed by atoms with Crippen LogP contribution in [0.25, 0.3) is 6.08 Å². The summed E-state index contributed by atoms with van der Waals surface area (Å²) in [4.78, 5) is 0. The van der Waals surface area contributed by atoms with Crippen LogP contribution in [0.1, 0.15) is 63.5 Å². The average molecular weight is 322 g/mol. The van der Waals surface area contributed by atoms with Gasteiger partial charge in [-0.15, -0.1) is 0 Å². The number of hydrogen-bond donors (Lipinski definition) is 0. The zero-order valence-corrected chi connectivity index (χ0v) is 15.1. The fraction of sp³-hybridized carbons (Fsp3) is 0.391. The molecule has 0 aliphatic heterocycles. The minimum atomic E-state index is 0.619. The molecule has 128 valence electrons. The highest BCUT2D eigenvalue weighted by molar-refractivity contribution is 5.54. The maximum Gasteiger partial charge on any atom is 0.119 e. The van der Waals surface area contributed by atoms with Crippen molar-refractivity contribution in [2.45, 2.75) is 59.0 Å². The molecule has 0 fully saturated rings. The van der Waals surface area contributed by atoms with Gasteiger partial charge >= 0.3 is 0 Å². The SMILES string of the molecule is CCCCC(=Cc1ccc(OCc2ccccc2)cc1)CCCC. The molecule has 0 bridgehead atoms. The zero-order chi connectivity index (χ0) is 17.0. The molecule has 24 heavy (non-hydrogen) atoms. The minimum absolute atomic E-state index is 0.619. The minimum Gasteiger partial charge on any atom is -0.489 e. The summed E-state index contributed by atoms with van der Waals surface area (Å²) in [5.41, 5.74) is 4.06. The summed E-state index contributed by atoms with van der Waals surface area (Å²) in [5, 5.41) is 0. The molecule has 0 radical (unpaired) electrons. The molecule has 0 amide bonds. The van der Waals surface area contributed by atoms with Crippen LogP contribution in [0.15, 0.2) is 60.2 Å². The van der Waals surface area contributed by atoms with Crippen LogP contribution in [0.2, 0.25) is 0 Å². The molecule has 1 heteroatoms. The Bertz CT molecular complexity index is 586. The number of hydrogen-bond acceptors (Lipinski definition) is 1. The van der Waals surface area contributed by atoms with E-state index in [0.717, 1.165) is 5.75 Å². The van der Waals surface area contributed by atoms with Gasteiger partial charge in [0.25, 0.3) is 0 Å². The molecular weight excluding hydrogens is 292 g/mol. The van der Waals surface area contributed by atoms with Gasteiger partial charge in [-0.3, -0.25) is 0 Å². The lowest BCUT2D eigenvalue weighted by Crippen LogP contribution is -1.94. The van der Waals surface area contributed by atoms with Crippen LogP contribution in [0.5, 0.6) is 5.75 Å². The van der Waals surface area contributed by atoms with Gasteiger partial charge in [0.15, 0.2) is 0 Å². The van der Waals surface area contributed by atoms with E-state index in [9.17, 15) is 0 Å². The summed E-state index contributed by atoms with van der Waals surface area (Å²) in [6, 6.07) is 18.8. The molecule has 2 rings (SSSR count). The maximum atomic E-state index is 5.86. The lowest BCUT2D eigenvalue weighted by atomic mass is 10.00. The quantitative estimate of drug-likeness (QED) is 0.456. The van der Waals surface area contributed by atoms with Gasteiger partial charge in [-0.05, 0) is 48.9 Å². The first-order valence-corrected chi connectivity index (χ1v) is 9.28. The second kappa shape index (κ2) is 10.7. The Kier molecular flexibility index (Phi) is 8.17. The molecule has 2 aromatic rings. The Morgan fingerprint density at radius 3 is 2.04 bits per heavy atom. The van der Waals surface area contributed by atoms with E-state index >= 15 is 0 Å². The third-order valence-corrected chi connectivity index (χ3v) is 4.20. The van der Waals surface area contributed by atoms with Crippen LogP contribution in [0.4, 0.5) is 0 Å². The third kappa shape index (κ3) is 6.62. The molecular formula is C23H30O. The molecule has 0 N–H and O–H groups in total. The van der Waals surface area contributed by atoms with Crippen LogP contribution in [-0.4, -0.2) is 0 Å². The summed E-state index contributed by atoms with van der Waals surface area (Å²) in [6.07, 6.45) is 9.91. The van der Waals surface area contributed by atoms with Crippen LogP contribution in [-0.2, 0) is 6.61 Å². The summed E-state index contributed by atoms with van der Waals surface area (Å²) < 4.78 is 5.86. The van der Waals surface area contributed by atoms with E-state index < -0.39 is 0 Å². The smallest absolute Gasteiger partial charge is 0.119 e. The highest BCUT2D eigenvalue weighted by Gasteiger charge is 2.00. The number of rotatable bonds is 10. The molecule has 0 unspecified atom stereocenters. The first-order valence-electron chi connectivity index (χ1n) is 9.28. The van der Waals surface area contributed by atoms with E-state index in [-0.39, 0.29) is 0 Å². The summed E-state index contributed by atoms with van der Waals surface area (Å²) in [6.45, 7) is 5.14. The molecule has 0 aromatic heterocycles. The van der Waals surface area contributed by atoms with Gasteiger partial charge < -0.3 is 4.74 Å². The first kappa shape index (κ1) is 18.3. The van der Waals surface area contributed by atoms with Crippen LogP contribution < -0.4 is 4.74 Å². The van der Waals surface area contributed by atoms with E-state index in [0.29, 0.717) is 6.61 Å². The molecule has 1 nitrogen and oxygen atoms in total. The molecule has 0 atom stereocenters. The molecule has 2 aromatic carbocycles. The standard InChI is InChI=1S/C23H30O/c1-3-5-10-20(11-6-4-2)18-21-14-16-23(17-15-21)24-19-22-12-8-7-9-13-22/h7-9,12-18H,3-6,10-11,19H2,1-2H3. The van der Waals surface area contributed by atoms with Gasteiger partial charge in [0.1, 0.15) is 12.4 Å². The molecule has 0 spiro atoms.